The van der Waals surface area contributed by atoms with Crippen LogP contribution in [0.25, 0.3) is 11.0 Å². The molecule has 0 aliphatic rings. The molecule has 0 radical (unpaired) electrons. The maximum atomic E-state index is 12.4. The molecule has 0 spiro atoms. The van der Waals surface area contributed by atoms with E-state index in [1.54, 1.807) is 53.5 Å². The van der Waals surface area contributed by atoms with Gasteiger partial charge in [0.25, 0.3) is 5.91 Å². The average molecular weight is 406 g/mol. The summed E-state index contributed by atoms with van der Waals surface area (Å²) in [5.74, 6) is -1.08. The summed E-state index contributed by atoms with van der Waals surface area (Å²) in [4.78, 5) is 45.2. The third-order valence-electron chi connectivity index (χ3n) is 4.44. The molecular formula is C20H18N6O4. The summed E-state index contributed by atoms with van der Waals surface area (Å²) in [5.41, 5.74) is 2.62. The van der Waals surface area contributed by atoms with Gasteiger partial charge in [-0.1, -0.05) is 12.1 Å². The lowest BCUT2D eigenvalue weighted by Crippen LogP contribution is -2.30. The maximum absolute atomic E-state index is 12.4. The Morgan fingerprint density at radius 3 is 2.63 bits per heavy atom. The quantitative estimate of drug-likeness (QED) is 0.417. The van der Waals surface area contributed by atoms with Crippen LogP contribution in [-0.4, -0.2) is 42.7 Å². The number of ether oxygens (including phenoxy) is 1. The van der Waals surface area contributed by atoms with Gasteiger partial charge >= 0.3 is 11.7 Å². The van der Waals surface area contributed by atoms with E-state index < -0.39 is 18.0 Å². The summed E-state index contributed by atoms with van der Waals surface area (Å²) in [7, 11) is 0. The normalized spacial score (nSPS) is 11.9. The van der Waals surface area contributed by atoms with E-state index in [4.69, 9.17) is 4.74 Å². The molecule has 0 aliphatic carbocycles. The number of rotatable bonds is 6. The number of carbonyl (C=O) groups excluding carboxylic acids is 2. The van der Waals surface area contributed by atoms with Crippen LogP contribution in [0.1, 0.15) is 22.8 Å². The first kappa shape index (κ1) is 19.1. The first-order valence-electron chi connectivity index (χ1n) is 9.13. The van der Waals surface area contributed by atoms with Crippen molar-refractivity contribution in [1.29, 1.82) is 0 Å². The van der Waals surface area contributed by atoms with Crippen LogP contribution in [0.2, 0.25) is 0 Å². The fraction of sp³-hybridized carbons (Fsp3) is 0.150. The number of anilines is 1. The lowest BCUT2D eigenvalue weighted by molar-refractivity contribution is -0.123. The molecule has 10 nitrogen and oxygen atoms in total. The number of esters is 1. The van der Waals surface area contributed by atoms with Gasteiger partial charge in [0.15, 0.2) is 6.10 Å². The molecule has 152 valence electrons. The molecule has 0 saturated heterocycles. The molecule has 1 amide bonds. The second-order valence-corrected chi connectivity index (χ2v) is 6.67. The van der Waals surface area contributed by atoms with Crippen molar-refractivity contribution in [3.8, 4) is 0 Å². The van der Waals surface area contributed by atoms with Crippen LogP contribution in [-0.2, 0) is 16.1 Å². The minimum Gasteiger partial charge on any atom is -0.449 e. The van der Waals surface area contributed by atoms with Gasteiger partial charge in [-0.25, -0.2) is 19.3 Å². The molecule has 0 aliphatic heterocycles. The zero-order valence-electron chi connectivity index (χ0n) is 16.0. The number of imidazole rings is 1. The fourth-order valence-corrected chi connectivity index (χ4v) is 2.88. The van der Waals surface area contributed by atoms with Crippen LogP contribution in [0.15, 0.2) is 59.9 Å². The number of fused-ring (bicyclic) bond motifs is 1. The van der Waals surface area contributed by atoms with E-state index in [-0.39, 0.29) is 5.69 Å². The van der Waals surface area contributed by atoms with Gasteiger partial charge in [-0.15, -0.1) is 0 Å². The molecular weight excluding hydrogens is 388 g/mol. The Balaban J connectivity index is 1.35. The second-order valence-electron chi connectivity index (χ2n) is 6.67. The molecule has 2 aromatic carbocycles. The number of nitrogens with one attached hydrogen (secondary N) is 3. The predicted octanol–water partition coefficient (Wildman–Crippen LogP) is 1.68. The standard InChI is InChI=1S/C20H18N6O4/c1-12(18(27)23-15-6-7-16-17(8-15)25-20(29)24-16)30-19(28)14-4-2-13(3-5-14)9-26-11-21-10-22-26/h2-8,10-12H,9H2,1H3,(H,23,27)(H2,24,25,29). The number of hydrogen-bond donors (Lipinski definition) is 3. The van der Waals surface area contributed by atoms with Crippen molar-refractivity contribution in [3.63, 3.8) is 0 Å². The zero-order valence-corrected chi connectivity index (χ0v) is 16.0. The third-order valence-corrected chi connectivity index (χ3v) is 4.44. The van der Waals surface area contributed by atoms with E-state index in [0.717, 1.165) is 5.56 Å². The molecule has 4 aromatic rings. The van der Waals surface area contributed by atoms with Gasteiger partial charge in [0, 0.05) is 5.69 Å². The fourth-order valence-electron chi connectivity index (χ4n) is 2.88. The van der Waals surface area contributed by atoms with Crippen LogP contribution in [0.3, 0.4) is 0 Å². The van der Waals surface area contributed by atoms with Crippen molar-refractivity contribution < 1.29 is 14.3 Å². The van der Waals surface area contributed by atoms with Gasteiger partial charge < -0.3 is 20.0 Å². The highest BCUT2D eigenvalue weighted by Crippen LogP contribution is 2.15. The Kier molecular flexibility index (Phi) is 5.12. The topological polar surface area (TPSA) is 135 Å². The molecule has 1 atom stereocenters. The second kappa shape index (κ2) is 8.03. The largest absolute Gasteiger partial charge is 0.449 e. The van der Waals surface area contributed by atoms with Crippen molar-refractivity contribution in [2.45, 2.75) is 19.6 Å². The lowest BCUT2D eigenvalue weighted by atomic mass is 10.1. The number of H-pyrrole nitrogens is 2. The molecule has 3 N–H and O–H groups in total. The highest BCUT2D eigenvalue weighted by Gasteiger charge is 2.19. The van der Waals surface area contributed by atoms with Crippen LogP contribution in [0.4, 0.5) is 5.69 Å². The number of nitrogens with zero attached hydrogens (tertiary/aromatic N) is 3. The van der Waals surface area contributed by atoms with E-state index in [2.05, 4.69) is 25.4 Å². The maximum Gasteiger partial charge on any atom is 0.338 e. The third kappa shape index (κ3) is 4.27. The summed E-state index contributed by atoms with van der Waals surface area (Å²) in [6.45, 7) is 2.02. The Bertz CT molecular complexity index is 1240. The minimum atomic E-state index is -1.01. The number of benzene rings is 2. The molecule has 4 rings (SSSR count). The Morgan fingerprint density at radius 1 is 1.13 bits per heavy atom. The molecule has 0 saturated carbocycles. The summed E-state index contributed by atoms with van der Waals surface area (Å²) in [6.07, 6.45) is 2.05. The van der Waals surface area contributed by atoms with E-state index >= 15 is 0 Å². The summed E-state index contributed by atoms with van der Waals surface area (Å²) < 4.78 is 6.93. The van der Waals surface area contributed by atoms with E-state index in [0.29, 0.717) is 28.8 Å². The monoisotopic (exact) mass is 406 g/mol. The average Bonchev–Trinajstić information content (AvgIpc) is 3.36. The Hall–Kier alpha value is -4.21. The summed E-state index contributed by atoms with van der Waals surface area (Å²) in [5, 5.41) is 6.70. The first-order valence-corrected chi connectivity index (χ1v) is 9.13. The number of carbonyl (C=O) groups is 2. The van der Waals surface area contributed by atoms with Gasteiger partial charge in [0.05, 0.1) is 23.1 Å². The highest BCUT2D eigenvalue weighted by molar-refractivity contribution is 5.98. The van der Waals surface area contributed by atoms with Crippen LogP contribution in [0, 0.1) is 0 Å². The van der Waals surface area contributed by atoms with Gasteiger partial charge in [-0.3, -0.25) is 4.79 Å². The van der Waals surface area contributed by atoms with E-state index in [1.807, 2.05) is 0 Å². The summed E-state index contributed by atoms with van der Waals surface area (Å²) >= 11 is 0. The van der Waals surface area contributed by atoms with Crippen LogP contribution < -0.4 is 11.0 Å². The molecule has 2 heterocycles. The number of aromatic nitrogens is 5. The molecule has 30 heavy (non-hydrogen) atoms. The minimum absolute atomic E-state index is 0.330. The predicted molar refractivity (Wildman–Crippen MR) is 108 cm³/mol. The Labute approximate surface area is 169 Å². The van der Waals surface area contributed by atoms with Crippen molar-refractivity contribution in [2.24, 2.45) is 0 Å². The Morgan fingerprint density at radius 2 is 1.90 bits per heavy atom. The smallest absolute Gasteiger partial charge is 0.338 e. The van der Waals surface area contributed by atoms with Gasteiger partial charge in [-0.05, 0) is 42.8 Å². The summed E-state index contributed by atoms with van der Waals surface area (Å²) in [6, 6.07) is 11.8. The van der Waals surface area contributed by atoms with E-state index in [1.165, 1.54) is 13.3 Å². The SMILES string of the molecule is CC(OC(=O)c1ccc(Cn2cncn2)cc1)C(=O)Nc1ccc2[nH]c(=O)[nH]c2c1. The number of amides is 1. The number of hydrogen-bond acceptors (Lipinski definition) is 6. The van der Waals surface area contributed by atoms with Gasteiger partial charge in [0.1, 0.15) is 12.7 Å². The van der Waals surface area contributed by atoms with Crippen LogP contribution in [0.5, 0.6) is 0 Å². The van der Waals surface area contributed by atoms with Crippen LogP contribution >= 0.6 is 0 Å². The highest BCUT2D eigenvalue weighted by atomic mass is 16.5. The van der Waals surface area contributed by atoms with E-state index in [9.17, 15) is 14.4 Å². The molecule has 10 heteroatoms. The van der Waals surface area contributed by atoms with Crippen molar-refractivity contribution >= 4 is 28.6 Å². The molecule has 0 fully saturated rings. The van der Waals surface area contributed by atoms with Gasteiger partial charge in [0.2, 0.25) is 0 Å². The van der Waals surface area contributed by atoms with Crippen molar-refractivity contribution in [1.82, 2.24) is 24.7 Å². The molecule has 0 bridgehead atoms. The first-order chi connectivity index (χ1) is 14.5. The lowest BCUT2D eigenvalue weighted by Gasteiger charge is -2.14. The van der Waals surface area contributed by atoms with Crippen molar-refractivity contribution in [3.05, 3.63) is 76.7 Å². The number of aromatic amines is 2. The molecule has 2 aromatic heterocycles. The van der Waals surface area contributed by atoms with Gasteiger partial charge in [-0.2, -0.15) is 5.10 Å². The zero-order chi connectivity index (χ0) is 21.1. The van der Waals surface area contributed by atoms with Crippen molar-refractivity contribution in [2.75, 3.05) is 5.32 Å². The molecule has 1 unspecified atom stereocenters.